The van der Waals surface area contributed by atoms with Crippen LogP contribution in [-0.4, -0.2) is 21.4 Å². The molecular formula is C11H21N3O. The number of nitrogens with two attached hydrogens (primary N) is 1. The van der Waals surface area contributed by atoms with Gasteiger partial charge in [0, 0.05) is 18.7 Å². The first-order valence-corrected chi connectivity index (χ1v) is 5.64. The van der Waals surface area contributed by atoms with Crippen molar-refractivity contribution in [1.29, 1.82) is 0 Å². The lowest BCUT2D eigenvalue weighted by molar-refractivity contribution is 0.0976. The van der Waals surface area contributed by atoms with Crippen LogP contribution in [0.5, 0.6) is 0 Å². The molecule has 0 aliphatic heterocycles. The van der Waals surface area contributed by atoms with Crippen LogP contribution in [0.2, 0.25) is 0 Å². The van der Waals surface area contributed by atoms with Crippen LogP contribution in [0, 0.1) is 5.92 Å². The molecule has 0 amide bonds. The number of rotatable bonds is 6. The first-order chi connectivity index (χ1) is 7.24. The lowest BCUT2D eigenvalue weighted by atomic mass is 9.95. The van der Waals surface area contributed by atoms with Crippen molar-refractivity contribution in [2.24, 2.45) is 11.7 Å². The van der Waals surface area contributed by atoms with Crippen molar-refractivity contribution >= 4 is 0 Å². The molecule has 86 valence electrons. The number of nitrogens with zero attached hydrogens (tertiary/aromatic N) is 2. The van der Waals surface area contributed by atoms with Gasteiger partial charge in [0.25, 0.3) is 0 Å². The maximum absolute atomic E-state index is 10.2. The lowest BCUT2D eigenvalue weighted by Gasteiger charge is -2.21. The zero-order valence-corrected chi connectivity index (χ0v) is 9.56. The van der Waals surface area contributed by atoms with Crippen LogP contribution >= 0.6 is 0 Å². The van der Waals surface area contributed by atoms with Crippen molar-refractivity contribution in [2.45, 2.75) is 39.3 Å². The summed E-state index contributed by atoms with van der Waals surface area (Å²) in [7, 11) is 0. The molecule has 3 N–H and O–H groups in total. The van der Waals surface area contributed by atoms with E-state index in [1.807, 2.05) is 17.7 Å². The van der Waals surface area contributed by atoms with Crippen molar-refractivity contribution in [3.05, 3.63) is 18.0 Å². The van der Waals surface area contributed by atoms with Crippen molar-refractivity contribution in [2.75, 3.05) is 6.54 Å². The van der Waals surface area contributed by atoms with Crippen LogP contribution in [0.1, 0.15) is 38.5 Å². The summed E-state index contributed by atoms with van der Waals surface area (Å²) in [6.45, 7) is 5.42. The molecule has 15 heavy (non-hydrogen) atoms. The van der Waals surface area contributed by atoms with Gasteiger partial charge in [-0.1, -0.05) is 13.3 Å². The molecule has 0 fully saturated rings. The van der Waals surface area contributed by atoms with E-state index in [0.717, 1.165) is 25.1 Å². The number of hydrogen-bond donors (Lipinski definition) is 2. The molecule has 2 unspecified atom stereocenters. The van der Waals surface area contributed by atoms with E-state index in [-0.39, 0.29) is 5.92 Å². The van der Waals surface area contributed by atoms with Crippen molar-refractivity contribution in [1.82, 2.24) is 9.78 Å². The van der Waals surface area contributed by atoms with Gasteiger partial charge in [-0.2, -0.15) is 5.10 Å². The van der Waals surface area contributed by atoms with Gasteiger partial charge in [0.15, 0.2) is 0 Å². The number of aromatic nitrogens is 2. The van der Waals surface area contributed by atoms with Gasteiger partial charge >= 0.3 is 0 Å². The van der Waals surface area contributed by atoms with Crippen molar-refractivity contribution < 1.29 is 5.11 Å². The fourth-order valence-electron chi connectivity index (χ4n) is 1.88. The molecule has 0 spiro atoms. The molecule has 1 aromatic heterocycles. The number of aryl methyl sites for hydroxylation is 1. The average molecular weight is 211 g/mol. The maximum Gasteiger partial charge on any atom is 0.0996 e. The van der Waals surface area contributed by atoms with Crippen LogP contribution in [0.4, 0.5) is 0 Å². The first kappa shape index (κ1) is 12.2. The third kappa shape index (κ3) is 2.79. The van der Waals surface area contributed by atoms with E-state index in [4.69, 9.17) is 5.73 Å². The SMILES string of the molecule is CCCC(CN)C(O)c1ccnn1CC. The molecule has 0 radical (unpaired) electrons. The minimum Gasteiger partial charge on any atom is -0.386 e. The zero-order chi connectivity index (χ0) is 11.3. The van der Waals surface area contributed by atoms with Gasteiger partial charge in [0.05, 0.1) is 11.8 Å². The Morgan fingerprint density at radius 3 is 2.80 bits per heavy atom. The van der Waals surface area contributed by atoms with Crippen LogP contribution in [-0.2, 0) is 6.54 Å². The number of aliphatic hydroxyl groups is 1. The summed E-state index contributed by atoms with van der Waals surface area (Å²) >= 11 is 0. The van der Waals surface area contributed by atoms with E-state index in [2.05, 4.69) is 12.0 Å². The van der Waals surface area contributed by atoms with Crippen LogP contribution < -0.4 is 5.73 Å². The molecule has 0 saturated heterocycles. The summed E-state index contributed by atoms with van der Waals surface area (Å²) < 4.78 is 1.82. The van der Waals surface area contributed by atoms with Gasteiger partial charge in [-0.25, -0.2) is 0 Å². The molecule has 4 heteroatoms. The van der Waals surface area contributed by atoms with Crippen molar-refractivity contribution in [3.63, 3.8) is 0 Å². The molecular weight excluding hydrogens is 190 g/mol. The van der Waals surface area contributed by atoms with Gasteiger partial charge in [-0.15, -0.1) is 0 Å². The largest absolute Gasteiger partial charge is 0.386 e. The second kappa shape index (κ2) is 5.88. The molecule has 1 heterocycles. The van der Waals surface area contributed by atoms with E-state index in [1.165, 1.54) is 0 Å². The molecule has 0 bridgehead atoms. The number of aliphatic hydroxyl groups excluding tert-OH is 1. The Labute approximate surface area is 91.1 Å². The van der Waals surface area contributed by atoms with Gasteiger partial charge < -0.3 is 10.8 Å². The summed E-state index contributed by atoms with van der Waals surface area (Å²) in [6.07, 6.45) is 3.23. The molecule has 4 nitrogen and oxygen atoms in total. The van der Waals surface area contributed by atoms with Crippen LogP contribution in [0.3, 0.4) is 0 Å². The minimum atomic E-state index is -0.489. The van der Waals surface area contributed by atoms with E-state index in [9.17, 15) is 5.11 Å². The topological polar surface area (TPSA) is 64.1 Å². The highest BCUT2D eigenvalue weighted by Gasteiger charge is 2.21. The second-order valence-corrected chi connectivity index (χ2v) is 3.80. The molecule has 1 rings (SSSR count). The maximum atomic E-state index is 10.2. The third-order valence-electron chi connectivity index (χ3n) is 2.76. The average Bonchev–Trinajstić information content (AvgIpc) is 2.72. The predicted molar refractivity (Wildman–Crippen MR) is 60.3 cm³/mol. The van der Waals surface area contributed by atoms with E-state index in [0.29, 0.717) is 6.54 Å². The Kier molecular flexibility index (Phi) is 4.78. The predicted octanol–water partition coefficient (Wildman–Crippen LogP) is 1.31. The summed E-state index contributed by atoms with van der Waals surface area (Å²) in [5, 5.41) is 14.3. The Balaban J connectivity index is 2.77. The fourth-order valence-corrected chi connectivity index (χ4v) is 1.88. The van der Waals surface area contributed by atoms with Gasteiger partial charge in [0.2, 0.25) is 0 Å². The molecule has 0 aromatic carbocycles. The minimum absolute atomic E-state index is 0.136. The Hall–Kier alpha value is -0.870. The zero-order valence-electron chi connectivity index (χ0n) is 9.56. The summed E-state index contributed by atoms with van der Waals surface area (Å²) in [5.74, 6) is 0.136. The molecule has 0 aliphatic rings. The normalized spacial score (nSPS) is 15.2. The molecule has 0 aliphatic carbocycles. The molecule has 0 saturated carbocycles. The van der Waals surface area contributed by atoms with Gasteiger partial charge in [-0.05, 0) is 26.0 Å². The van der Waals surface area contributed by atoms with E-state index in [1.54, 1.807) is 6.20 Å². The standard InChI is InChI=1S/C11H21N3O/c1-3-5-9(8-12)11(15)10-6-7-13-14(10)4-2/h6-7,9,11,15H,3-5,8,12H2,1-2H3. The van der Waals surface area contributed by atoms with Gasteiger partial charge in [0.1, 0.15) is 0 Å². The Morgan fingerprint density at radius 1 is 1.53 bits per heavy atom. The Morgan fingerprint density at radius 2 is 2.27 bits per heavy atom. The molecule has 2 atom stereocenters. The monoisotopic (exact) mass is 211 g/mol. The fraction of sp³-hybridized carbons (Fsp3) is 0.727. The first-order valence-electron chi connectivity index (χ1n) is 5.64. The quantitative estimate of drug-likeness (QED) is 0.745. The summed E-state index contributed by atoms with van der Waals surface area (Å²) in [4.78, 5) is 0. The highest BCUT2D eigenvalue weighted by molar-refractivity contribution is 5.06. The lowest BCUT2D eigenvalue weighted by Crippen LogP contribution is -2.24. The second-order valence-electron chi connectivity index (χ2n) is 3.80. The summed E-state index contributed by atoms with van der Waals surface area (Å²) in [5.41, 5.74) is 6.54. The van der Waals surface area contributed by atoms with Gasteiger partial charge in [-0.3, -0.25) is 4.68 Å². The third-order valence-corrected chi connectivity index (χ3v) is 2.76. The molecule has 1 aromatic rings. The van der Waals surface area contributed by atoms with Crippen LogP contribution in [0.15, 0.2) is 12.3 Å². The highest BCUT2D eigenvalue weighted by atomic mass is 16.3. The van der Waals surface area contributed by atoms with Crippen molar-refractivity contribution in [3.8, 4) is 0 Å². The van der Waals surface area contributed by atoms with E-state index >= 15 is 0 Å². The highest BCUT2D eigenvalue weighted by Crippen LogP contribution is 2.24. The Bertz CT molecular complexity index is 285. The number of hydrogen-bond acceptors (Lipinski definition) is 3. The van der Waals surface area contributed by atoms with Crippen LogP contribution in [0.25, 0.3) is 0 Å². The smallest absolute Gasteiger partial charge is 0.0996 e. The van der Waals surface area contributed by atoms with E-state index < -0.39 is 6.10 Å². The summed E-state index contributed by atoms with van der Waals surface area (Å²) in [6, 6.07) is 1.87.